The maximum absolute atomic E-state index is 6.10. The van der Waals surface area contributed by atoms with E-state index in [1.54, 1.807) is 0 Å². The SMILES string of the molecule is CC(C)NCC(OCc1ccc(Cl)cc1)c1ccccc1. The van der Waals surface area contributed by atoms with Gasteiger partial charge in [-0.1, -0.05) is 67.9 Å². The molecule has 1 unspecified atom stereocenters. The summed E-state index contributed by atoms with van der Waals surface area (Å²) >= 11 is 5.90. The van der Waals surface area contributed by atoms with Gasteiger partial charge in [0, 0.05) is 17.6 Å². The van der Waals surface area contributed by atoms with Crippen molar-refractivity contribution in [2.24, 2.45) is 0 Å². The first kappa shape index (κ1) is 16.0. The third-order valence-corrected chi connectivity index (χ3v) is 3.50. The van der Waals surface area contributed by atoms with Crippen molar-refractivity contribution in [3.05, 3.63) is 70.7 Å². The molecule has 0 fully saturated rings. The molecule has 0 aliphatic carbocycles. The van der Waals surface area contributed by atoms with E-state index in [1.807, 2.05) is 42.5 Å². The molecule has 2 aromatic rings. The van der Waals surface area contributed by atoms with Gasteiger partial charge in [0.2, 0.25) is 0 Å². The lowest BCUT2D eigenvalue weighted by Crippen LogP contribution is -2.29. The fraction of sp³-hybridized carbons (Fsp3) is 0.333. The zero-order valence-corrected chi connectivity index (χ0v) is 13.3. The van der Waals surface area contributed by atoms with Gasteiger partial charge >= 0.3 is 0 Å². The molecule has 0 saturated carbocycles. The number of nitrogens with one attached hydrogen (secondary N) is 1. The maximum Gasteiger partial charge on any atom is 0.0953 e. The largest absolute Gasteiger partial charge is 0.368 e. The van der Waals surface area contributed by atoms with Crippen molar-refractivity contribution in [2.75, 3.05) is 6.54 Å². The van der Waals surface area contributed by atoms with Crippen molar-refractivity contribution in [2.45, 2.75) is 32.6 Å². The molecule has 2 nitrogen and oxygen atoms in total. The van der Waals surface area contributed by atoms with Gasteiger partial charge in [0.25, 0.3) is 0 Å². The summed E-state index contributed by atoms with van der Waals surface area (Å²) in [6.45, 7) is 5.66. The summed E-state index contributed by atoms with van der Waals surface area (Å²) in [7, 11) is 0. The van der Waals surface area contributed by atoms with Crippen LogP contribution in [0.4, 0.5) is 0 Å². The number of hydrogen-bond donors (Lipinski definition) is 1. The Kier molecular flexibility index (Phi) is 6.24. The molecule has 3 heteroatoms. The molecule has 0 amide bonds. The molecule has 0 spiro atoms. The second-order valence-electron chi connectivity index (χ2n) is 5.40. The van der Waals surface area contributed by atoms with E-state index in [0.29, 0.717) is 12.6 Å². The topological polar surface area (TPSA) is 21.3 Å². The fourth-order valence-corrected chi connectivity index (χ4v) is 2.19. The lowest BCUT2D eigenvalue weighted by atomic mass is 10.1. The molecule has 0 radical (unpaired) electrons. The number of halogens is 1. The van der Waals surface area contributed by atoms with Gasteiger partial charge in [-0.05, 0) is 23.3 Å². The van der Waals surface area contributed by atoms with E-state index in [9.17, 15) is 0 Å². The smallest absolute Gasteiger partial charge is 0.0953 e. The quantitative estimate of drug-likeness (QED) is 0.807. The molecule has 1 N–H and O–H groups in total. The number of benzene rings is 2. The maximum atomic E-state index is 6.10. The van der Waals surface area contributed by atoms with Crippen molar-refractivity contribution >= 4 is 11.6 Å². The summed E-state index contributed by atoms with van der Waals surface area (Å²) in [5.74, 6) is 0. The molecule has 0 bridgehead atoms. The lowest BCUT2D eigenvalue weighted by Gasteiger charge is -2.20. The molecule has 0 saturated heterocycles. The van der Waals surface area contributed by atoms with Crippen LogP contribution in [0, 0.1) is 0 Å². The molecule has 0 aromatic heterocycles. The summed E-state index contributed by atoms with van der Waals surface area (Å²) in [6.07, 6.45) is 0.0456. The van der Waals surface area contributed by atoms with E-state index in [0.717, 1.165) is 17.1 Å². The average molecular weight is 304 g/mol. The van der Waals surface area contributed by atoms with Gasteiger partial charge in [-0.3, -0.25) is 0 Å². The number of hydrogen-bond acceptors (Lipinski definition) is 2. The standard InChI is InChI=1S/C18H22ClNO/c1-14(2)20-12-18(16-6-4-3-5-7-16)21-13-15-8-10-17(19)11-9-15/h3-11,14,18,20H,12-13H2,1-2H3. The van der Waals surface area contributed by atoms with Crippen LogP contribution in [0.25, 0.3) is 0 Å². The van der Waals surface area contributed by atoms with Gasteiger partial charge in [-0.15, -0.1) is 0 Å². The second-order valence-corrected chi connectivity index (χ2v) is 5.84. The van der Waals surface area contributed by atoms with E-state index in [4.69, 9.17) is 16.3 Å². The van der Waals surface area contributed by atoms with Gasteiger partial charge in [-0.25, -0.2) is 0 Å². The lowest BCUT2D eigenvalue weighted by molar-refractivity contribution is 0.0386. The summed E-state index contributed by atoms with van der Waals surface area (Å²) in [5, 5.41) is 4.19. The highest BCUT2D eigenvalue weighted by molar-refractivity contribution is 6.30. The van der Waals surface area contributed by atoms with Gasteiger partial charge < -0.3 is 10.1 Å². The molecule has 0 heterocycles. The predicted octanol–water partition coefficient (Wildman–Crippen LogP) is 4.60. The Morgan fingerprint density at radius 2 is 1.67 bits per heavy atom. The van der Waals surface area contributed by atoms with E-state index < -0.39 is 0 Å². The molecular weight excluding hydrogens is 282 g/mol. The molecule has 2 aromatic carbocycles. The first-order valence-electron chi connectivity index (χ1n) is 7.29. The highest BCUT2D eigenvalue weighted by Gasteiger charge is 2.12. The first-order valence-corrected chi connectivity index (χ1v) is 7.67. The van der Waals surface area contributed by atoms with Crippen molar-refractivity contribution in [1.82, 2.24) is 5.32 Å². The van der Waals surface area contributed by atoms with E-state index >= 15 is 0 Å². The zero-order valence-electron chi connectivity index (χ0n) is 12.6. The monoisotopic (exact) mass is 303 g/mol. The Balaban J connectivity index is 2.00. The van der Waals surface area contributed by atoms with Crippen molar-refractivity contribution in [1.29, 1.82) is 0 Å². The highest BCUT2D eigenvalue weighted by atomic mass is 35.5. The van der Waals surface area contributed by atoms with Crippen LogP contribution < -0.4 is 5.32 Å². The van der Waals surface area contributed by atoms with Crippen molar-refractivity contribution in [3.63, 3.8) is 0 Å². The van der Waals surface area contributed by atoms with Crippen molar-refractivity contribution in [3.8, 4) is 0 Å². The molecule has 0 aliphatic heterocycles. The highest BCUT2D eigenvalue weighted by Crippen LogP contribution is 2.19. The predicted molar refractivity (Wildman–Crippen MR) is 88.6 cm³/mol. The molecule has 0 aliphatic rings. The van der Waals surface area contributed by atoms with E-state index in [1.165, 1.54) is 5.56 Å². The fourth-order valence-electron chi connectivity index (χ4n) is 2.06. The Labute approximate surface area is 132 Å². The van der Waals surface area contributed by atoms with Crippen LogP contribution in [-0.2, 0) is 11.3 Å². The molecule has 21 heavy (non-hydrogen) atoms. The zero-order chi connectivity index (χ0) is 15.1. The van der Waals surface area contributed by atoms with Crippen LogP contribution in [0.3, 0.4) is 0 Å². The second kappa shape index (κ2) is 8.18. The minimum absolute atomic E-state index is 0.0456. The van der Waals surface area contributed by atoms with E-state index in [2.05, 4.69) is 31.3 Å². The van der Waals surface area contributed by atoms with Gasteiger partial charge in [-0.2, -0.15) is 0 Å². The summed E-state index contributed by atoms with van der Waals surface area (Å²) in [5.41, 5.74) is 2.32. The van der Waals surface area contributed by atoms with Crippen LogP contribution in [-0.4, -0.2) is 12.6 Å². The third-order valence-electron chi connectivity index (χ3n) is 3.25. The molecule has 112 valence electrons. The van der Waals surface area contributed by atoms with Gasteiger partial charge in [0.1, 0.15) is 0 Å². The van der Waals surface area contributed by atoms with Crippen molar-refractivity contribution < 1.29 is 4.74 Å². The van der Waals surface area contributed by atoms with Gasteiger partial charge in [0.15, 0.2) is 0 Å². The summed E-state index contributed by atoms with van der Waals surface area (Å²) < 4.78 is 6.10. The molecule has 1 atom stereocenters. The third kappa shape index (κ3) is 5.50. The number of ether oxygens (including phenoxy) is 1. The molecule has 2 rings (SSSR count). The summed E-state index contributed by atoms with van der Waals surface area (Å²) in [4.78, 5) is 0. The molecular formula is C18H22ClNO. The minimum Gasteiger partial charge on any atom is -0.368 e. The minimum atomic E-state index is 0.0456. The Morgan fingerprint density at radius 3 is 2.29 bits per heavy atom. The number of rotatable bonds is 7. The van der Waals surface area contributed by atoms with Crippen LogP contribution in [0.15, 0.2) is 54.6 Å². The first-order chi connectivity index (χ1) is 10.1. The van der Waals surface area contributed by atoms with Gasteiger partial charge in [0.05, 0.1) is 12.7 Å². The van der Waals surface area contributed by atoms with E-state index in [-0.39, 0.29) is 6.10 Å². The summed E-state index contributed by atoms with van der Waals surface area (Å²) in [6, 6.07) is 18.6. The normalized spacial score (nSPS) is 12.6. The van der Waals surface area contributed by atoms with Crippen LogP contribution in [0.2, 0.25) is 5.02 Å². The van der Waals surface area contributed by atoms with Crippen LogP contribution in [0.5, 0.6) is 0 Å². The Hall–Kier alpha value is -1.35. The van der Waals surface area contributed by atoms with Crippen LogP contribution in [0.1, 0.15) is 31.1 Å². The Morgan fingerprint density at radius 1 is 1.00 bits per heavy atom. The van der Waals surface area contributed by atoms with Crippen LogP contribution >= 0.6 is 11.6 Å². The average Bonchev–Trinajstić information content (AvgIpc) is 2.50. The Bertz CT molecular complexity index is 525.